The van der Waals surface area contributed by atoms with Gasteiger partial charge < -0.3 is 14.9 Å². The lowest BCUT2D eigenvalue weighted by molar-refractivity contribution is -0.147. The predicted molar refractivity (Wildman–Crippen MR) is 112 cm³/mol. The number of aromatic hydroxyl groups is 1. The summed E-state index contributed by atoms with van der Waals surface area (Å²) in [5, 5.41) is 22.8. The van der Waals surface area contributed by atoms with Crippen molar-refractivity contribution < 1.29 is 34.1 Å². The topological polar surface area (TPSA) is 133 Å². The zero-order valence-corrected chi connectivity index (χ0v) is 17.7. The summed E-state index contributed by atoms with van der Waals surface area (Å²) >= 11 is 0. The van der Waals surface area contributed by atoms with E-state index >= 15 is 0 Å². The van der Waals surface area contributed by atoms with Gasteiger partial charge in [-0.15, -0.1) is 0 Å². The third-order valence-electron chi connectivity index (χ3n) is 6.33. The lowest BCUT2D eigenvalue weighted by Crippen LogP contribution is -2.53. The molecular formula is C23H22N2O7. The van der Waals surface area contributed by atoms with Gasteiger partial charge in [0.1, 0.15) is 5.54 Å². The lowest BCUT2D eigenvalue weighted by Gasteiger charge is -2.27. The Morgan fingerprint density at radius 3 is 2.31 bits per heavy atom. The molecule has 2 fully saturated rings. The van der Waals surface area contributed by atoms with Crippen molar-refractivity contribution in [3.8, 4) is 11.5 Å². The smallest absolute Gasteiger partial charge is 0.324 e. The second kappa shape index (κ2) is 7.45. The number of hydrogen-bond acceptors (Lipinski definition) is 7. The van der Waals surface area contributed by atoms with E-state index in [9.17, 15) is 29.4 Å². The monoisotopic (exact) mass is 438 g/mol. The number of carboxylic acids is 1. The summed E-state index contributed by atoms with van der Waals surface area (Å²) in [6.07, 6.45) is 0. The summed E-state index contributed by atoms with van der Waals surface area (Å²) in [7, 11) is 1.38. The number of methoxy groups -OCH3 is 1. The van der Waals surface area contributed by atoms with E-state index in [1.807, 2.05) is 0 Å². The summed E-state index contributed by atoms with van der Waals surface area (Å²) in [5.41, 5.74) is -0.482. The van der Waals surface area contributed by atoms with Crippen molar-refractivity contribution in [3.05, 3.63) is 53.6 Å². The fourth-order valence-corrected chi connectivity index (χ4v) is 4.61. The van der Waals surface area contributed by atoms with Crippen LogP contribution in [0.3, 0.4) is 0 Å². The number of aliphatic carboxylic acids is 1. The number of phenols is 1. The maximum absolute atomic E-state index is 13.5. The van der Waals surface area contributed by atoms with E-state index in [0.717, 1.165) is 4.90 Å². The van der Waals surface area contributed by atoms with Crippen LogP contribution in [0.25, 0.3) is 0 Å². The first-order valence-electron chi connectivity index (χ1n) is 9.97. The summed E-state index contributed by atoms with van der Waals surface area (Å²) in [6.45, 7) is 2.80. The van der Waals surface area contributed by atoms with Gasteiger partial charge in [-0.2, -0.15) is 0 Å². The summed E-state index contributed by atoms with van der Waals surface area (Å²) in [5.74, 6) is -4.64. The Bertz CT molecular complexity index is 1140. The van der Waals surface area contributed by atoms with Crippen LogP contribution in [0, 0.1) is 11.8 Å². The Hall–Kier alpha value is -3.72. The molecule has 2 aromatic rings. The SMILES string of the molecule is COc1cc(C2NC(C)(C(=O)O)C3C(=O)N(c4ccc(C(C)=O)cc4)C(=O)C23)ccc1O. The number of hydrogen-bond donors (Lipinski definition) is 3. The normalized spacial score (nSPS) is 26.8. The minimum atomic E-state index is -1.69. The Kier molecular flexibility index (Phi) is 5.01. The Morgan fingerprint density at radius 2 is 1.75 bits per heavy atom. The fraction of sp³-hybridized carbons (Fsp3) is 0.304. The molecule has 0 radical (unpaired) electrons. The molecule has 0 bridgehead atoms. The van der Waals surface area contributed by atoms with Crippen LogP contribution in [0.2, 0.25) is 0 Å². The summed E-state index contributed by atoms with van der Waals surface area (Å²) < 4.78 is 5.14. The van der Waals surface area contributed by atoms with Crippen LogP contribution < -0.4 is 15.0 Å². The molecule has 4 unspecified atom stereocenters. The minimum Gasteiger partial charge on any atom is -0.504 e. The number of ether oxygens (including phenoxy) is 1. The van der Waals surface area contributed by atoms with Crippen LogP contribution in [0.1, 0.15) is 35.8 Å². The number of amides is 2. The predicted octanol–water partition coefficient (Wildman–Crippen LogP) is 1.90. The van der Waals surface area contributed by atoms with Gasteiger partial charge in [-0.05, 0) is 55.8 Å². The highest BCUT2D eigenvalue weighted by Gasteiger charge is 2.66. The van der Waals surface area contributed by atoms with Crippen molar-refractivity contribution in [1.82, 2.24) is 5.32 Å². The molecule has 0 aromatic heterocycles. The fourth-order valence-electron chi connectivity index (χ4n) is 4.61. The molecule has 9 nitrogen and oxygen atoms in total. The number of carbonyl (C=O) groups is 4. The van der Waals surface area contributed by atoms with Gasteiger partial charge >= 0.3 is 5.97 Å². The highest BCUT2D eigenvalue weighted by molar-refractivity contribution is 6.24. The first-order valence-corrected chi connectivity index (χ1v) is 9.97. The zero-order valence-electron chi connectivity index (χ0n) is 17.7. The number of carbonyl (C=O) groups excluding carboxylic acids is 3. The van der Waals surface area contributed by atoms with Gasteiger partial charge in [0.15, 0.2) is 17.3 Å². The second-order valence-corrected chi connectivity index (χ2v) is 8.18. The third kappa shape index (κ3) is 3.04. The molecule has 2 aliphatic rings. The molecule has 0 saturated carbocycles. The maximum atomic E-state index is 13.5. The standard InChI is InChI=1S/C23H22N2O7/c1-11(26)12-4-7-14(8-5-12)25-20(28)17-18(21(25)29)23(2,22(30)31)24-19(17)13-6-9-15(27)16(10-13)32-3/h4-10,17-19,24,27H,1-3H3,(H,30,31). The molecule has 0 spiro atoms. The molecule has 166 valence electrons. The summed E-state index contributed by atoms with van der Waals surface area (Å²) in [4.78, 5) is 51.6. The number of imide groups is 1. The molecule has 3 N–H and O–H groups in total. The lowest BCUT2D eigenvalue weighted by atomic mass is 9.80. The number of phenolic OH excluding ortho intramolecular Hbond substituents is 1. The van der Waals surface area contributed by atoms with Crippen LogP contribution in [-0.4, -0.2) is 46.4 Å². The van der Waals surface area contributed by atoms with Gasteiger partial charge in [0.2, 0.25) is 11.8 Å². The van der Waals surface area contributed by atoms with Crippen molar-refractivity contribution >= 4 is 29.3 Å². The Labute approximate surface area is 183 Å². The van der Waals surface area contributed by atoms with E-state index in [2.05, 4.69) is 5.32 Å². The van der Waals surface area contributed by atoms with E-state index in [1.54, 1.807) is 6.07 Å². The molecule has 4 rings (SSSR count). The Balaban J connectivity index is 1.79. The van der Waals surface area contributed by atoms with Crippen LogP contribution in [0.15, 0.2) is 42.5 Å². The van der Waals surface area contributed by atoms with Crippen molar-refractivity contribution in [2.45, 2.75) is 25.4 Å². The van der Waals surface area contributed by atoms with Gasteiger partial charge in [0, 0.05) is 11.6 Å². The third-order valence-corrected chi connectivity index (χ3v) is 6.33. The van der Waals surface area contributed by atoms with Gasteiger partial charge in [-0.1, -0.05) is 6.07 Å². The van der Waals surface area contributed by atoms with Gasteiger partial charge in [0.05, 0.1) is 24.6 Å². The van der Waals surface area contributed by atoms with Crippen LogP contribution in [0.4, 0.5) is 5.69 Å². The molecule has 4 atom stereocenters. The molecule has 32 heavy (non-hydrogen) atoms. The van der Waals surface area contributed by atoms with E-state index in [1.165, 1.54) is 57.4 Å². The molecule has 0 aliphatic carbocycles. The number of carboxylic acid groups (broad SMARTS) is 1. The molecule has 2 amide bonds. The van der Waals surface area contributed by atoms with Crippen LogP contribution >= 0.6 is 0 Å². The minimum absolute atomic E-state index is 0.104. The average Bonchev–Trinajstić information content (AvgIpc) is 3.22. The zero-order chi connectivity index (χ0) is 23.4. The Morgan fingerprint density at radius 1 is 1.09 bits per heavy atom. The van der Waals surface area contributed by atoms with E-state index in [4.69, 9.17) is 4.74 Å². The largest absolute Gasteiger partial charge is 0.504 e. The molecule has 2 aromatic carbocycles. The maximum Gasteiger partial charge on any atom is 0.324 e. The molecule has 2 heterocycles. The van der Waals surface area contributed by atoms with E-state index < -0.39 is 41.2 Å². The first-order chi connectivity index (χ1) is 15.1. The number of nitrogens with zero attached hydrogens (tertiary/aromatic N) is 1. The van der Waals surface area contributed by atoms with Gasteiger partial charge in [-0.25, -0.2) is 4.90 Å². The van der Waals surface area contributed by atoms with E-state index in [-0.39, 0.29) is 23.0 Å². The number of Topliss-reactive ketones (excluding diaryl/α,β-unsaturated/α-hetero) is 1. The van der Waals surface area contributed by atoms with Crippen LogP contribution in [0.5, 0.6) is 11.5 Å². The van der Waals surface area contributed by atoms with Crippen molar-refractivity contribution in [1.29, 1.82) is 0 Å². The summed E-state index contributed by atoms with van der Waals surface area (Å²) in [6, 6.07) is 9.69. The van der Waals surface area contributed by atoms with Gasteiger partial charge in [0.25, 0.3) is 0 Å². The van der Waals surface area contributed by atoms with Crippen molar-refractivity contribution in [2.24, 2.45) is 11.8 Å². The number of rotatable bonds is 5. The molecule has 2 aliphatic heterocycles. The average molecular weight is 438 g/mol. The second-order valence-electron chi connectivity index (χ2n) is 8.18. The number of benzene rings is 2. The van der Waals surface area contributed by atoms with Gasteiger partial charge in [-0.3, -0.25) is 24.5 Å². The van der Waals surface area contributed by atoms with Crippen molar-refractivity contribution in [3.63, 3.8) is 0 Å². The van der Waals surface area contributed by atoms with Crippen LogP contribution in [-0.2, 0) is 14.4 Å². The molecular weight excluding hydrogens is 416 g/mol. The quantitative estimate of drug-likeness (QED) is 0.476. The number of ketones is 1. The molecule has 2 saturated heterocycles. The van der Waals surface area contributed by atoms with Crippen molar-refractivity contribution in [2.75, 3.05) is 12.0 Å². The highest BCUT2D eigenvalue weighted by Crippen LogP contribution is 2.50. The van der Waals surface area contributed by atoms with E-state index in [0.29, 0.717) is 11.1 Å². The number of fused-ring (bicyclic) bond motifs is 1. The number of nitrogens with one attached hydrogen (secondary N) is 1. The molecule has 9 heteroatoms. The first kappa shape index (κ1) is 21.5. The highest BCUT2D eigenvalue weighted by atomic mass is 16.5. The number of anilines is 1.